The molecule has 0 unspecified atom stereocenters. The summed E-state index contributed by atoms with van der Waals surface area (Å²) >= 11 is 0. The van der Waals surface area contributed by atoms with E-state index in [1.54, 1.807) is 24.3 Å². The van der Waals surface area contributed by atoms with Gasteiger partial charge in [0.25, 0.3) is 0 Å². The van der Waals surface area contributed by atoms with Gasteiger partial charge in [0.05, 0.1) is 19.8 Å². The van der Waals surface area contributed by atoms with E-state index in [0.717, 1.165) is 5.39 Å². The lowest BCUT2D eigenvalue weighted by Gasteiger charge is -2.20. The molecule has 1 aromatic heterocycles. The van der Waals surface area contributed by atoms with Crippen molar-refractivity contribution in [2.45, 2.75) is 12.8 Å². The highest BCUT2D eigenvalue weighted by atomic mass is 16.5. The molecule has 0 spiro atoms. The number of amides is 1. The molecule has 0 atom stereocenters. The molecule has 0 saturated heterocycles. The molecule has 0 radical (unpaired) electrons. The SMILES string of the molecule is O=C(CCCOc1ccc2ccc(=O)oc2c1)N(CCO)CCO. The van der Waals surface area contributed by atoms with Crippen molar-refractivity contribution < 1.29 is 24.2 Å². The maximum Gasteiger partial charge on any atom is 0.336 e. The summed E-state index contributed by atoms with van der Waals surface area (Å²) in [6.07, 6.45) is 0.769. The van der Waals surface area contributed by atoms with E-state index in [4.69, 9.17) is 19.4 Å². The third-order valence-electron chi connectivity index (χ3n) is 3.49. The van der Waals surface area contributed by atoms with E-state index in [-0.39, 0.29) is 38.6 Å². The summed E-state index contributed by atoms with van der Waals surface area (Å²) in [7, 11) is 0. The van der Waals surface area contributed by atoms with Gasteiger partial charge in [-0.1, -0.05) is 0 Å². The first-order chi connectivity index (χ1) is 11.6. The van der Waals surface area contributed by atoms with Crippen molar-refractivity contribution in [3.05, 3.63) is 40.8 Å². The Bertz CT molecular complexity index is 720. The number of fused-ring (bicyclic) bond motifs is 1. The van der Waals surface area contributed by atoms with Crippen molar-refractivity contribution in [2.24, 2.45) is 0 Å². The second-order valence-corrected chi connectivity index (χ2v) is 5.23. The molecular weight excluding hydrogens is 314 g/mol. The molecule has 0 fully saturated rings. The number of benzene rings is 1. The van der Waals surface area contributed by atoms with Gasteiger partial charge in [0, 0.05) is 37.0 Å². The first kappa shape index (κ1) is 18.0. The average Bonchev–Trinajstić information content (AvgIpc) is 2.58. The zero-order valence-electron chi connectivity index (χ0n) is 13.3. The van der Waals surface area contributed by atoms with Crippen molar-refractivity contribution in [3.63, 3.8) is 0 Å². The Balaban J connectivity index is 1.83. The summed E-state index contributed by atoms with van der Waals surface area (Å²) in [6, 6.07) is 8.25. The van der Waals surface area contributed by atoms with Crippen LogP contribution in [0.25, 0.3) is 11.0 Å². The highest BCUT2D eigenvalue weighted by Crippen LogP contribution is 2.19. The molecule has 0 bridgehead atoms. The van der Waals surface area contributed by atoms with E-state index < -0.39 is 5.63 Å². The van der Waals surface area contributed by atoms with Gasteiger partial charge in [-0.25, -0.2) is 4.79 Å². The second-order valence-electron chi connectivity index (χ2n) is 5.23. The maximum absolute atomic E-state index is 11.9. The van der Waals surface area contributed by atoms with Crippen LogP contribution < -0.4 is 10.4 Å². The van der Waals surface area contributed by atoms with Gasteiger partial charge in [0.1, 0.15) is 11.3 Å². The molecule has 7 heteroatoms. The number of hydrogen-bond donors (Lipinski definition) is 2. The molecule has 1 aromatic carbocycles. The van der Waals surface area contributed by atoms with Crippen molar-refractivity contribution in [1.82, 2.24) is 4.90 Å². The Morgan fingerprint density at radius 2 is 1.83 bits per heavy atom. The molecule has 1 amide bonds. The van der Waals surface area contributed by atoms with E-state index in [9.17, 15) is 9.59 Å². The number of carbonyl (C=O) groups is 1. The molecule has 0 aliphatic rings. The smallest absolute Gasteiger partial charge is 0.336 e. The molecule has 2 rings (SSSR count). The van der Waals surface area contributed by atoms with Gasteiger partial charge < -0.3 is 24.3 Å². The van der Waals surface area contributed by atoms with Gasteiger partial charge in [-0.05, 0) is 24.6 Å². The van der Waals surface area contributed by atoms with Crippen LogP contribution in [0.5, 0.6) is 5.75 Å². The second kappa shape index (κ2) is 9.05. The molecule has 0 saturated carbocycles. The molecule has 24 heavy (non-hydrogen) atoms. The zero-order valence-corrected chi connectivity index (χ0v) is 13.3. The predicted molar refractivity (Wildman–Crippen MR) is 88.0 cm³/mol. The average molecular weight is 335 g/mol. The lowest BCUT2D eigenvalue weighted by Crippen LogP contribution is -2.35. The van der Waals surface area contributed by atoms with Crippen molar-refractivity contribution in [2.75, 3.05) is 32.9 Å². The van der Waals surface area contributed by atoms with Crippen LogP contribution in [0.2, 0.25) is 0 Å². The van der Waals surface area contributed by atoms with Crippen LogP contribution in [0.4, 0.5) is 0 Å². The Morgan fingerprint density at radius 1 is 1.12 bits per heavy atom. The highest BCUT2D eigenvalue weighted by Gasteiger charge is 2.12. The third-order valence-corrected chi connectivity index (χ3v) is 3.49. The molecule has 2 N–H and O–H groups in total. The quantitative estimate of drug-likeness (QED) is 0.518. The molecule has 2 aromatic rings. The van der Waals surface area contributed by atoms with Gasteiger partial charge in [0.15, 0.2) is 0 Å². The normalized spacial score (nSPS) is 10.8. The van der Waals surface area contributed by atoms with E-state index in [2.05, 4.69) is 0 Å². The Kier molecular flexibility index (Phi) is 6.77. The Labute approximate surface area is 139 Å². The minimum absolute atomic E-state index is 0.133. The Hall–Kier alpha value is -2.38. The first-order valence-corrected chi connectivity index (χ1v) is 7.80. The topological polar surface area (TPSA) is 100 Å². The minimum atomic E-state index is -0.418. The van der Waals surface area contributed by atoms with Crippen LogP contribution in [-0.2, 0) is 4.79 Å². The molecule has 1 heterocycles. The molecule has 0 aliphatic carbocycles. The predicted octanol–water partition coefficient (Wildman–Crippen LogP) is 0.765. The molecular formula is C17H21NO6. The van der Waals surface area contributed by atoms with Crippen molar-refractivity contribution in [3.8, 4) is 5.75 Å². The highest BCUT2D eigenvalue weighted by molar-refractivity contribution is 5.77. The van der Waals surface area contributed by atoms with Crippen molar-refractivity contribution >= 4 is 16.9 Å². The van der Waals surface area contributed by atoms with Gasteiger partial charge in [-0.15, -0.1) is 0 Å². The van der Waals surface area contributed by atoms with Crippen LogP contribution in [0.1, 0.15) is 12.8 Å². The fourth-order valence-electron chi connectivity index (χ4n) is 2.30. The number of aliphatic hydroxyl groups is 2. The molecule has 7 nitrogen and oxygen atoms in total. The number of carbonyl (C=O) groups excluding carboxylic acids is 1. The number of nitrogens with zero attached hydrogens (tertiary/aromatic N) is 1. The monoisotopic (exact) mass is 335 g/mol. The lowest BCUT2D eigenvalue weighted by atomic mass is 10.2. The lowest BCUT2D eigenvalue weighted by molar-refractivity contribution is -0.132. The summed E-state index contributed by atoms with van der Waals surface area (Å²) in [5.41, 5.74) is 0.0336. The summed E-state index contributed by atoms with van der Waals surface area (Å²) in [4.78, 5) is 24.6. The zero-order chi connectivity index (χ0) is 17.4. The number of ether oxygens (including phenoxy) is 1. The summed E-state index contributed by atoms with van der Waals surface area (Å²) in [5.74, 6) is 0.429. The van der Waals surface area contributed by atoms with E-state index in [1.165, 1.54) is 11.0 Å². The molecule has 130 valence electrons. The van der Waals surface area contributed by atoms with Crippen LogP contribution >= 0.6 is 0 Å². The van der Waals surface area contributed by atoms with Gasteiger partial charge >= 0.3 is 5.63 Å². The summed E-state index contributed by atoms with van der Waals surface area (Å²) < 4.78 is 10.7. The van der Waals surface area contributed by atoms with E-state index in [0.29, 0.717) is 24.4 Å². The summed E-state index contributed by atoms with van der Waals surface area (Å²) in [6.45, 7) is 0.489. The summed E-state index contributed by atoms with van der Waals surface area (Å²) in [5, 5.41) is 18.6. The maximum atomic E-state index is 11.9. The van der Waals surface area contributed by atoms with Gasteiger partial charge in [-0.3, -0.25) is 4.79 Å². The minimum Gasteiger partial charge on any atom is -0.493 e. The van der Waals surface area contributed by atoms with Gasteiger partial charge in [-0.2, -0.15) is 0 Å². The van der Waals surface area contributed by atoms with E-state index in [1.807, 2.05) is 0 Å². The number of rotatable bonds is 9. The van der Waals surface area contributed by atoms with Crippen LogP contribution in [0.15, 0.2) is 39.5 Å². The largest absolute Gasteiger partial charge is 0.493 e. The first-order valence-electron chi connectivity index (χ1n) is 7.80. The van der Waals surface area contributed by atoms with Crippen LogP contribution in [0, 0.1) is 0 Å². The van der Waals surface area contributed by atoms with Gasteiger partial charge in [0.2, 0.25) is 5.91 Å². The fourth-order valence-corrected chi connectivity index (χ4v) is 2.30. The van der Waals surface area contributed by atoms with E-state index >= 15 is 0 Å². The van der Waals surface area contributed by atoms with Crippen LogP contribution in [-0.4, -0.2) is 53.9 Å². The van der Waals surface area contributed by atoms with Crippen molar-refractivity contribution in [1.29, 1.82) is 0 Å². The third kappa shape index (κ3) is 5.07. The fraction of sp³-hybridized carbons (Fsp3) is 0.412. The molecule has 0 aliphatic heterocycles. The standard InChI is InChI=1S/C17H21NO6/c19-9-7-18(8-10-20)16(21)2-1-11-23-14-5-3-13-4-6-17(22)24-15(13)12-14/h3-6,12,19-20H,1-2,7-11H2. The van der Waals surface area contributed by atoms with Crippen LogP contribution in [0.3, 0.4) is 0 Å². The number of hydrogen-bond acceptors (Lipinski definition) is 6. The Morgan fingerprint density at radius 3 is 2.54 bits per heavy atom. The number of aliphatic hydroxyl groups excluding tert-OH is 2.